The Bertz CT molecular complexity index is 510. The van der Waals surface area contributed by atoms with Crippen LogP contribution in [0.2, 0.25) is 0 Å². The minimum Gasteiger partial charge on any atom is -0.368 e. The molecule has 1 aromatic carbocycles. The number of halogens is 1. The van der Waals surface area contributed by atoms with Crippen LogP contribution in [-0.4, -0.2) is 9.97 Å². The lowest BCUT2D eigenvalue weighted by Gasteiger charge is -2.09. The standard InChI is InChI=1S/C10H11FN4/c1-5(12)9-7-4-6(11)2-3-8(7)14-10(13)15-9/h2-5H,12H2,1H3,(H2,13,14,15). The Morgan fingerprint density at radius 2 is 2.07 bits per heavy atom. The molecule has 1 unspecified atom stereocenters. The zero-order valence-corrected chi connectivity index (χ0v) is 8.24. The van der Waals surface area contributed by atoms with Crippen LogP contribution in [0.4, 0.5) is 10.3 Å². The number of benzene rings is 1. The van der Waals surface area contributed by atoms with Crippen LogP contribution in [0.15, 0.2) is 18.2 Å². The molecule has 4 nitrogen and oxygen atoms in total. The monoisotopic (exact) mass is 206 g/mol. The lowest BCUT2D eigenvalue weighted by Crippen LogP contribution is -2.10. The molecule has 0 aliphatic heterocycles. The van der Waals surface area contributed by atoms with E-state index in [0.717, 1.165) is 0 Å². The van der Waals surface area contributed by atoms with Gasteiger partial charge < -0.3 is 11.5 Å². The van der Waals surface area contributed by atoms with E-state index in [1.807, 2.05) is 0 Å². The number of nitrogen functional groups attached to an aromatic ring is 1. The first kappa shape index (κ1) is 9.79. The Kier molecular flexibility index (Phi) is 2.24. The number of aromatic nitrogens is 2. The second-order valence-electron chi connectivity index (χ2n) is 3.42. The van der Waals surface area contributed by atoms with Crippen molar-refractivity contribution < 1.29 is 4.39 Å². The van der Waals surface area contributed by atoms with Crippen LogP contribution in [-0.2, 0) is 0 Å². The van der Waals surface area contributed by atoms with Crippen molar-refractivity contribution in [3.63, 3.8) is 0 Å². The summed E-state index contributed by atoms with van der Waals surface area (Å²) in [5.41, 5.74) is 12.4. The summed E-state index contributed by atoms with van der Waals surface area (Å²) in [4.78, 5) is 8.02. The molecular weight excluding hydrogens is 195 g/mol. The zero-order chi connectivity index (χ0) is 11.0. The van der Waals surface area contributed by atoms with Gasteiger partial charge in [0.1, 0.15) is 5.82 Å². The summed E-state index contributed by atoms with van der Waals surface area (Å²) in [6, 6.07) is 3.96. The first-order chi connectivity index (χ1) is 7.08. The van der Waals surface area contributed by atoms with E-state index in [0.29, 0.717) is 16.6 Å². The molecule has 1 atom stereocenters. The minimum atomic E-state index is -0.335. The third kappa shape index (κ3) is 1.73. The number of anilines is 1. The first-order valence-electron chi connectivity index (χ1n) is 4.56. The van der Waals surface area contributed by atoms with Gasteiger partial charge in [0, 0.05) is 11.4 Å². The highest BCUT2D eigenvalue weighted by atomic mass is 19.1. The average Bonchev–Trinajstić information content (AvgIpc) is 2.17. The molecule has 4 N–H and O–H groups in total. The summed E-state index contributed by atoms with van der Waals surface area (Å²) in [6.07, 6.45) is 0. The summed E-state index contributed by atoms with van der Waals surface area (Å²) >= 11 is 0. The van der Waals surface area contributed by atoms with Crippen molar-refractivity contribution in [2.45, 2.75) is 13.0 Å². The van der Waals surface area contributed by atoms with E-state index in [-0.39, 0.29) is 17.8 Å². The molecule has 0 aliphatic rings. The van der Waals surface area contributed by atoms with Crippen molar-refractivity contribution in [3.05, 3.63) is 29.7 Å². The number of rotatable bonds is 1. The number of nitrogens with zero attached hydrogens (tertiary/aromatic N) is 2. The highest BCUT2D eigenvalue weighted by Crippen LogP contribution is 2.21. The SMILES string of the molecule is CC(N)c1nc(N)nc2ccc(F)cc12. The summed E-state index contributed by atoms with van der Waals surface area (Å²) in [5, 5.41) is 0.610. The average molecular weight is 206 g/mol. The van der Waals surface area contributed by atoms with Crippen LogP contribution < -0.4 is 11.5 Å². The molecule has 0 amide bonds. The van der Waals surface area contributed by atoms with E-state index < -0.39 is 0 Å². The maximum Gasteiger partial charge on any atom is 0.220 e. The molecule has 1 aromatic heterocycles. The fourth-order valence-electron chi connectivity index (χ4n) is 1.49. The Morgan fingerprint density at radius 3 is 2.73 bits per heavy atom. The van der Waals surface area contributed by atoms with Crippen molar-refractivity contribution in [1.29, 1.82) is 0 Å². The van der Waals surface area contributed by atoms with E-state index in [4.69, 9.17) is 11.5 Å². The van der Waals surface area contributed by atoms with E-state index in [1.54, 1.807) is 13.0 Å². The van der Waals surface area contributed by atoms with Gasteiger partial charge in [-0.2, -0.15) is 0 Å². The minimum absolute atomic E-state index is 0.154. The molecule has 0 radical (unpaired) electrons. The molecule has 15 heavy (non-hydrogen) atoms. The molecule has 0 bridgehead atoms. The van der Waals surface area contributed by atoms with Gasteiger partial charge in [0.25, 0.3) is 0 Å². The van der Waals surface area contributed by atoms with Crippen LogP contribution in [0.5, 0.6) is 0 Å². The molecule has 1 heterocycles. The maximum atomic E-state index is 13.1. The topological polar surface area (TPSA) is 77.8 Å². The predicted octanol–water partition coefficient (Wildman–Crippen LogP) is 1.37. The van der Waals surface area contributed by atoms with Gasteiger partial charge in [-0.05, 0) is 25.1 Å². The van der Waals surface area contributed by atoms with E-state index in [2.05, 4.69) is 9.97 Å². The van der Waals surface area contributed by atoms with Gasteiger partial charge in [-0.1, -0.05) is 0 Å². The number of nitrogens with two attached hydrogens (primary N) is 2. The fourth-order valence-corrected chi connectivity index (χ4v) is 1.49. The van der Waals surface area contributed by atoms with E-state index in [9.17, 15) is 4.39 Å². The van der Waals surface area contributed by atoms with Gasteiger partial charge in [-0.3, -0.25) is 0 Å². The largest absolute Gasteiger partial charge is 0.368 e. The predicted molar refractivity (Wildman–Crippen MR) is 56.5 cm³/mol. The van der Waals surface area contributed by atoms with Gasteiger partial charge in [0.05, 0.1) is 11.2 Å². The molecule has 2 rings (SSSR count). The molecule has 0 aliphatic carbocycles. The van der Waals surface area contributed by atoms with Crippen molar-refractivity contribution in [1.82, 2.24) is 9.97 Å². The molecular formula is C10H11FN4. The zero-order valence-electron chi connectivity index (χ0n) is 8.24. The van der Waals surface area contributed by atoms with Gasteiger partial charge in [0.15, 0.2) is 0 Å². The third-order valence-electron chi connectivity index (χ3n) is 2.14. The normalized spacial score (nSPS) is 13.0. The summed E-state index contributed by atoms with van der Waals surface area (Å²) in [6.45, 7) is 1.77. The van der Waals surface area contributed by atoms with Crippen molar-refractivity contribution in [3.8, 4) is 0 Å². The number of fused-ring (bicyclic) bond motifs is 1. The van der Waals surface area contributed by atoms with Crippen LogP contribution >= 0.6 is 0 Å². The number of hydrogen-bond acceptors (Lipinski definition) is 4. The van der Waals surface area contributed by atoms with E-state index >= 15 is 0 Å². The Balaban J connectivity index is 2.81. The highest BCUT2D eigenvalue weighted by molar-refractivity contribution is 5.82. The van der Waals surface area contributed by atoms with Gasteiger partial charge in [-0.15, -0.1) is 0 Å². The second-order valence-corrected chi connectivity index (χ2v) is 3.42. The molecule has 2 aromatic rings. The molecule has 0 saturated heterocycles. The summed E-state index contributed by atoms with van der Waals surface area (Å²) in [7, 11) is 0. The molecule has 5 heteroatoms. The highest BCUT2D eigenvalue weighted by Gasteiger charge is 2.10. The van der Waals surface area contributed by atoms with Crippen molar-refractivity contribution >= 4 is 16.9 Å². The lowest BCUT2D eigenvalue weighted by molar-refractivity contribution is 0.629. The molecule has 0 fully saturated rings. The van der Waals surface area contributed by atoms with Gasteiger partial charge in [0.2, 0.25) is 5.95 Å². The quantitative estimate of drug-likeness (QED) is 0.738. The number of hydrogen-bond donors (Lipinski definition) is 2. The molecule has 0 spiro atoms. The Hall–Kier alpha value is -1.75. The Labute approximate surface area is 86.1 Å². The lowest BCUT2D eigenvalue weighted by atomic mass is 10.1. The smallest absolute Gasteiger partial charge is 0.220 e. The van der Waals surface area contributed by atoms with Crippen LogP contribution in [0.25, 0.3) is 10.9 Å². The van der Waals surface area contributed by atoms with Gasteiger partial charge >= 0.3 is 0 Å². The van der Waals surface area contributed by atoms with Crippen LogP contribution in [0, 0.1) is 5.82 Å². The fraction of sp³-hybridized carbons (Fsp3) is 0.200. The summed E-state index contributed by atoms with van der Waals surface area (Å²) < 4.78 is 13.1. The molecule has 0 saturated carbocycles. The Morgan fingerprint density at radius 1 is 1.33 bits per heavy atom. The maximum absolute atomic E-state index is 13.1. The second kappa shape index (κ2) is 3.43. The van der Waals surface area contributed by atoms with Gasteiger partial charge in [-0.25, -0.2) is 14.4 Å². The first-order valence-corrected chi connectivity index (χ1v) is 4.56. The van der Waals surface area contributed by atoms with Crippen LogP contribution in [0.3, 0.4) is 0 Å². The van der Waals surface area contributed by atoms with Crippen molar-refractivity contribution in [2.75, 3.05) is 5.73 Å². The van der Waals surface area contributed by atoms with Crippen molar-refractivity contribution in [2.24, 2.45) is 5.73 Å². The van der Waals surface area contributed by atoms with E-state index in [1.165, 1.54) is 12.1 Å². The third-order valence-corrected chi connectivity index (χ3v) is 2.14. The molecule has 78 valence electrons. The summed E-state index contributed by atoms with van der Waals surface area (Å²) in [5.74, 6) is -0.181. The van der Waals surface area contributed by atoms with Crippen LogP contribution in [0.1, 0.15) is 18.7 Å².